The van der Waals surface area contributed by atoms with Crippen LogP contribution in [0.2, 0.25) is 5.02 Å². The summed E-state index contributed by atoms with van der Waals surface area (Å²) in [7, 11) is 1.60. The number of rotatable bonds is 6. The second kappa shape index (κ2) is 6.32. The summed E-state index contributed by atoms with van der Waals surface area (Å²) in [5.41, 5.74) is 11.4. The van der Waals surface area contributed by atoms with E-state index >= 15 is 0 Å². The zero-order chi connectivity index (χ0) is 12.8. The van der Waals surface area contributed by atoms with Gasteiger partial charge in [-0.15, -0.1) is 0 Å². The number of nitrogens with two attached hydrogens (primary N) is 2. The van der Waals surface area contributed by atoms with Crippen molar-refractivity contribution >= 4 is 23.2 Å². The molecule has 0 heterocycles. The molecular weight excluding hydrogens is 244 g/mol. The molecule has 0 bridgehead atoms. The maximum Gasteiger partial charge on any atom is 0.252 e. The monoisotopic (exact) mass is 258 g/mol. The maximum atomic E-state index is 11.2. The minimum absolute atomic E-state index is 0.187. The second-order valence-electron chi connectivity index (χ2n) is 3.44. The summed E-state index contributed by atoms with van der Waals surface area (Å²) in [5.74, 6) is -0.356. The van der Waals surface area contributed by atoms with Gasteiger partial charge in [0, 0.05) is 25.8 Å². The smallest absolute Gasteiger partial charge is 0.252 e. The molecule has 0 radical (unpaired) electrons. The molecule has 0 aliphatic heterocycles. The molecule has 5 nitrogen and oxygen atoms in total. The molecule has 94 valence electrons. The van der Waals surface area contributed by atoms with Crippen LogP contribution in [0.4, 0.5) is 5.69 Å². The van der Waals surface area contributed by atoms with E-state index < -0.39 is 5.91 Å². The molecule has 1 rings (SSSR count). The van der Waals surface area contributed by atoms with E-state index in [1.54, 1.807) is 7.11 Å². The van der Waals surface area contributed by atoms with Crippen LogP contribution in [0.15, 0.2) is 12.1 Å². The molecule has 0 aromatic heterocycles. The highest BCUT2D eigenvalue weighted by Gasteiger charge is 2.14. The minimum Gasteiger partial charge on any atom is -0.491 e. The van der Waals surface area contributed by atoms with Crippen LogP contribution >= 0.6 is 11.6 Å². The first-order valence-electron chi connectivity index (χ1n) is 5.06. The SMILES string of the molecule is COCCCOc1c(Cl)cc(N)cc1C(N)=O. The lowest BCUT2D eigenvalue weighted by Gasteiger charge is -2.12. The fourth-order valence-electron chi connectivity index (χ4n) is 1.32. The molecule has 1 aromatic rings. The van der Waals surface area contributed by atoms with E-state index in [4.69, 9.17) is 32.5 Å². The Hall–Kier alpha value is -1.46. The molecule has 1 aromatic carbocycles. The largest absolute Gasteiger partial charge is 0.491 e. The molecule has 0 atom stereocenters. The summed E-state index contributed by atoms with van der Waals surface area (Å²) in [4.78, 5) is 11.2. The highest BCUT2D eigenvalue weighted by Crippen LogP contribution is 2.31. The number of amides is 1. The van der Waals surface area contributed by atoms with Crippen molar-refractivity contribution in [3.05, 3.63) is 22.7 Å². The van der Waals surface area contributed by atoms with Crippen LogP contribution in [-0.2, 0) is 4.74 Å². The van der Waals surface area contributed by atoms with Gasteiger partial charge in [0.05, 0.1) is 17.2 Å². The van der Waals surface area contributed by atoms with Crippen molar-refractivity contribution in [3.63, 3.8) is 0 Å². The van der Waals surface area contributed by atoms with Crippen molar-refractivity contribution in [1.82, 2.24) is 0 Å². The van der Waals surface area contributed by atoms with Gasteiger partial charge in [-0.05, 0) is 12.1 Å². The first-order chi connectivity index (χ1) is 8.06. The van der Waals surface area contributed by atoms with Crippen LogP contribution in [0.3, 0.4) is 0 Å². The average Bonchev–Trinajstić information content (AvgIpc) is 2.25. The van der Waals surface area contributed by atoms with Gasteiger partial charge < -0.3 is 20.9 Å². The summed E-state index contributed by atoms with van der Waals surface area (Å²) in [6, 6.07) is 2.96. The van der Waals surface area contributed by atoms with E-state index in [1.165, 1.54) is 12.1 Å². The van der Waals surface area contributed by atoms with E-state index in [0.717, 1.165) is 0 Å². The van der Waals surface area contributed by atoms with Crippen molar-refractivity contribution in [2.75, 3.05) is 26.1 Å². The number of hydrogen-bond acceptors (Lipinski definition) is 4. The number of ether oxygens (including phenoxy) is 2. The number of halogens is 1. The van der Waals surface area contributed by atoms with Gasteiger partial charge in [0.2, 0.25) is 0 Å². The average molecular weight is 259 g/mol. The molecule has 1 amide bonds. The van der Waals surface area contributed by atoms with Gasteiger partial charge >= 0.3 is 0 Å². The Labute approximate surface area is 105 Å². The molecule has 4 N–H and O–H groups in total. The first kappa shape index (κ1) is 13.6. The zero-order valence-electron chi connectivity index (χ0n) is 9.53. The standard InChI is InChI=1S/C11H15ClN2O3/c1-16-3-2-4-17-10-8(11(14)15)5-7(13)6-9(10)12/h5-6H,2-4,13H2,1H3,(H2,14,15). The van der Waals surface area contributed by atoms with E-state index in [1.807, 2.05) is 0 Å². The van der Waals surface area contributed by atoms with Crippen molar-refractivity contribution in [2.24, 2.45) is 5.73 Å². The Morgan fingerprint density at radius 3 is 2.71 bits per heavy atom. The Morgan fingerprint density at radius 1 is 1.41 bits per heavy atom. The van der Waals surface area contributed by atoms with Crippen molar-refractivity contribution in [3.8, 4) is 5.75 Å². The van der Waals surface area contributed by atoms with Gasteiger partial charge in [0.1, 0.15) is 0 Å². The topological polar surface area (TPSA) is 87.6 Å². The van der Waals surface area contributed by atoms with Gasteiger partial charge in [-0.3, -0.25) is 4.79 Å². The van der Waals surface area contributed by atoms with E-state index in [2.05, 4.69) is 0 Å². The van der Waals surface area contributed by atoms with E-state index in [0.29, 0.717) is 25.3 Å². The highest BCUT2D eigenvalue weighted by molar-refractivity contribution is 6.33. The summed E-state index contributed by atoms with van der Waals surface area (Å²) in [6.45, 7) is 0.955. The molecule has 0 fully saturated rings. The van der Waals surface area contributed by atoms with Gasteiger partial charge in [-0.1, -0.05) is 11.6 Å². The van der Waals surface area contributed by atoms with Gasteiger partial charge in [0.15, 0.2) is 5.75 Å². The Bertz CT molecular complexity index is 410. The number of hydrogen-bond donors (Lipinski definition) is 2. The Balaban J connectivity index is 2.85. The molecule has 0 saturated heterocycles. The van der Waals surface area contributed by atoms with E-state index in [9.17, 15) is 4.79 Å². The van der Waals surface area contributed by atoms with Crippen LogP contribution < -0.4 is 16.2 Å². The first-order valence-corrected chi connectivity index (χ1v) is 5.44. The molecule has 0 aliphatic rings. The quantitative estimate of drug-likeness (QED) is 0.597. The number of primary amides is 1. The number of benzene rings is 1. The van der Waals surface area contributed by atoms with E-state index in [-0.39, 0.29) is 16.3 Å². The molecule has 0 aliphatic carbocycles. The Morgan fingerprint density at radius 2 is 2.12 bits per heavy atom. The molecule has 0 unspecified atom stereocenters. The third-order valence-corrected chi connectivity index (χ3v) is 2.35. The van der Waals surface area contributed by atoms with Crippen LogP contribution in [0, 0.1) is 0 Å². The Kier molecular flexibility index (Phi) is 5.06. The number of methoxy groups -OCH3 is 1. The predicted molar refractivity (Wildman–Crippen MR) is 66.4 cm³/mol. The number of nitrogen functional groups attached to an aromatic ring is 1. The molecule has 17 heavy (non-hydrogen) atoms. The van der Waals surface area contributed by atoms with Gasteiger partial charge in [0.25, 0.3) is 5.91 Å². The fraction of sp³-hybridized carbons (Fsp3) is 0.364. The van der Waals surface area contributed by atoms with Crippen molar-refractivity contribution in [1.29, 1.82) is 0 Å². The van der Waals surface area contributed by atoms with Crippen LogP contribution in [0.25, 0.3) is 0 Å². The lowest BCUT2D eigenvalue weighted by Crippen LogP contribution is -2.14. The van der Waals surface area contributed by atoms with Gasteiger partial charge in [-0.25, -0.2) is 0 Å². The number of carbonyl (C=O) groups excluding carboxylic acids is 1. The maximum absolute atomic E-state index is 11.2. The fourth-order valence-corrected chi connectivity index (χ4v) is 1.60. The highest BCUT2D eigenvalue weighted by atomic mass is 35.5. The molecular formula is C11H15ClN2O3. The number of carbonyl (C=O) groups is 1. The minimum atomic E-state index is -0.624. The number of anilines is 1. The second-order valence-corrected chi connectivity index (χ2v) is 3.85. The van der Waals surface area contributed by atoms with Crippen LogP contribution in [0.5, 0.6) is 5.75 Å². The zero-order valence-corrected chi connectivity index (χ0v) is 10.3. The summed E-state index contributed by atoms with van der Waals surface area (Å²) in [5, 5.41) is 0.274. The summed E-state index contributed by atoms with van der Waals surface area (Å²) < 4.78 is 10.3. The van der Waals surface area contributed by atoms with Gasteiger partial charge in [-0.2, -0.15) is 0 Å². The predicted octanol–water partition coefficient (Wildman–Crippen LogP) is 1.44. The van der Waals surface area contributed by atoms with Crippen LogP contribution in [0.1, 0.15) is 16.8 Å². The molecule has 0 saturated carbocycles. The molecule has 0 spiro atoms. The third-order valence-electron chi connectivity index (χ3n) is 2.07. The molecule has 6 heteroatoms. The summed E-state index contributed by atoms with van der Waals surface area (Å²) >= 11 is 5.95. The lowest BCUT2D eigenvalue weighted by molar-refractivity contribution is 0.0995. The summed E-state index contributed by atoms with van der Waals surface area (Å²) in [6.07, 6.45) is 0.690. The third kappa shape index (κ3) is 3.80. The lowest BCUT2D eigenvalue weighted by atomic mass is 10.1. The van der Waals surface area contributed by atoms with Crippen molar-refractivity contribution in [2.45, 2.75) is 6.42 Å². The van der Waals surface area contributed by atoms with Crippen LogP contribution in [-0.4, -0.2) is 26.2 Å². The van der Waals surface area contributed by atoms with Crippen molar-refractivity contribution < 1.29 is 14.3 Å². The normalized spacial score (nSPS) is 10.2.